The van der Waals surface area contributed by atoms with E-state index in [9.17, 15) is 19.2 Å². The number of carbonyl (C=O) groups is 4. The number of benzene rings is 2. The summed E-state index contributed by atoms with van der Waals surface area (Å²) in [7, 11) is 0. The fraction of sp³-hybridized carbons (Fsp3) is 0.636. The first-order valence-electron chi connectivity index (χ1n) is 21.1. The van der Waals surface area contributed by atoms with Crippen LogP contribution in [0.25, 0.3) is 10.4 Å². The van der Waals surface area contributed by atoms with Crippen LogP contribution in [0.2, 0.25) is 0 Å². The Bertz CT molecular complexity index is 1800. The monoisotopic (exact) mass is 1020 g/mol. The van der Waals surface area contributed by atoms with Crippen molar-refractivity contribution in [2.24, 2.45) is 5.11 Å². The minimum atomic E-state index is -0.559. The van der Waals surface area contributed by atoms with E-state index in [4.69, 9.17) is 43.4 Å². The zero-order valence-electron chi connectivity index (χ0n) is 39.6. The fourth-order valence-electron chi connectivity index (χ4n) is 4.59. The van der Waals surface area contributed by atoms with Crippen LogP contribution in [-0.4, -0.2) is 99.4 Å². The number of nitrogens with one attached hydrogen (secondary N) is 4. The topological polar surface area (TPSA) is 239 Å². The van der Waals surface area contributed by atoms with Crippen LogP contribution in [-0.2, 0) is 18.9 Å². The molecule has 0 spiro atoms. The van der Waals surface area contributed by atoms with Crippen LogP contribution in [0.4, 0.5) is 24.9 Å². The first kappa shape index (κ1) is 56.8. The molecular formula is C44H70IN7O12. The van der Waals surface area contributed by atoms with Gasteiger partial charge in [-0.2, -0.15) is 0 Å². The zero-order valence-corrected chi connectivity index (χ0v) is 41.7. The summed E-state index contributed by atoms with van der Waals surface area (Å²) in [6.45, 7) is 24.8. The van der Waals surface area contributed by atoms with Gasteiger partial charge in [-0.1, -0.05) is 5.11 Å². The average Bonchev–Trinajstić information content (AvgIpc) is 3.13. The van der Waals surface area contributed by atoms with Crippen molar-refractivity contribution in [3.8, 4) is 23.0 Å². The van der Waals surface area contributed by atoms with E-state index in [2.05, 4.69) is 53.9 Å². The number of carbonyl (C=O) groups excluding carboxylic acids is 4. The van der Waals surface area contributed by atoms with Crippen molar-refractivity contribution in [2.45, 2.75) is 131 Å². The third-order valence-corrected chi connectivity index (χ3v) is 7.65. The van der Waals surface area contributed by atoms with Gasteiger partial charge in [-0.05, 0) is 173 Å². The van der Waals surface area contributed by atoms with Crippen molar-refractivity contribution in [3.05, 3.63) is 50.4 Å². The Morgan fingerprint density at radius 2 is 0.797 bits per heavy atom. The Kier molecular flexibility index (Phi) is 25.3. The molecule has 0 aliphatic carbocycles. The molecule has 0 unspecified atom stereocenters. The highest BCUT2D eigenvalue weighted by molar-refractivity contribution is 14.1. The molecule has 0 aliphatic heterocycles. The lowest BCUT2D eigenvalue weighted by Crippen LogP contribution is -2.33. The number of alkyl carbamates (subject to hydrolysis) is 4. The summed E-state index contributed by atoms with van der Waals surface area (Å²) in [4.78, 5) is 49.4. The van der Waals surface area contributed by atoms with Crippen molar-refractivity contribution in [2.75, 3.05) is 52.6 Å². The van der Waals surface area contributed by atoms with Gasteiger partial charge >= 0.3 is 24.4 Å². The van der Waals surface area contributed by atoms with Gasteiger partial charge in [0.15, 0.2) is 23.0 Å². The Morgan fingerprint density at radius 3 is 1.11 bits per heavy atom. The average molecular weight is 1020 g/mol. The van der Waals surface area contributed by atoms with E-state index in [0.29, 0.717) is 107 Å². The van der Waals surface area contributed by atoms with Crippen LogP contribution in [0.3, 0.4) is 0 Å². The molecule has 0 aliphatic rings. The van der Waals surface area contributed by atoms with Crippen LogP contribution < -0.4 is 40.2 Å². The molecule has 19 nitrogen and oxygen atoms in total. The Balaban J connectivity index is 0.000000641. The predicted molar refractivity (Wildman–Crippen MR) is 252 cm³/mol. The quantitative estimate of drug-likeness (QED) is 0.0228. The van der Waals surface area contributed by atoms with Gasteiger partial charge in [-0.25, -0.2) is 19.2 Å². The van der Waals surface area contributed by atoms with Crippen LogP contribution in [0.1, 0.15) is 109 Å². The van der Waals surface area contributed by atoms with E-state index in [1.807, 2.05) is 59.7 Å². The van der Waals surface area contributed by atoms with E-state index >= 15 is 0 Å². The molecule has 4 amide bonds. The molecule has 64 heavy (non-hydrogen) atoms. The highest BCUT2D eigenvalue weighted by atomic mass is 127. The molecule has 0 fully saturated rings. The molecule has 2 aromatic rings. The molecule has 0 heterocycles. The highest BCUT2D eigenvalue weighted by Gasteiger charge is 2.19. The van der Waals surface area contributed by atoms with Crippen molar-refractivity contribution in [1.82, 2.24) is 21.3 Å². The maximum Gasteiger partial charge on any atom is 0.407 e. The number of rotatable bonds is 21. The van der Waals surface area contributed by atoms with Crippen molar-refractivity contribution < 1.29 is 57.1 Å². The second-order valence-corrected chi connectivity index (χ2v) is 19.2. The summed E-state index contributed by atoms with van der Waals surface area (Å²) >= 11 is 2.21. The molecule has 360 valence electrons. The van der Waals surface area contributed by atoms with Crippen LogP contribution in [0.5, 0.6) is 23.0 Å². The largest absolute Gasteiger partial charge is 0.490 e. The molecule has 4 N–H and O–H groups in total. The molecule has 20 heteroatoms. The molecule has 2 rings (SSSR count). The maximum absolute atomic E-state index is 11.7. The number of hydrogen-bond acceptors (Lipinski definition) is 13. The number of nitrogens with zero attached hydrogens (tertiary/aromatic N) is 3. The number of amides is 4. The first-order valence-corrected chi connectivity index (χ1v) is 22.2. The summed E-state index contributed by atoms with van der Waals surface area (Å²) in [6, 6.07) is 10.5. The molecular weight excluding hydrogens is 945 g/mol. The second-order valence-electron chi connectivity index (χ2n) is 17.9. The molecule has 0 radical (unpaired) electrons. The Hall–Kier alpha value is -5.24. The van der Waals surface area contributed by atoms with Crippen molar-refractivity contribution in [1.29, 1.82) is 0 Å². The number of halogens is 1. The molecule has 0 saturated carbocycles. The summed E-state index contributed by atoms with van der Waals surface area (Å²) < 4.78 is 44.9. The van der Waals surface area contributed by atoms with Crippen molar-refractivity contribution >= 4 is 52.7 Å². The summed E-state index contributed by atoms with van der Waals surface area (Å²) in [5, 5.41) is 14.3. The third-order valence-electron chi connectivity index (χ3n) is 6.98. The minimum Gasteiger partial charge on any atom is -0.490 e. The van der Waals surface area contributed by atoms with Crippen molar-refractivity contribution in [3.63, 3.8) is 0 Å². The lowest BCUT2D eigenvalue weighted by atomic mass is 10.2. The van der Waals surface area contributed by atoms with E-state index in [1.54, 1.807) is 59.7 Å². The summed E-state index contributed by atoms with van der Waals surface area (Å²) in [5.41, 5.74) is 6.90. The normalized spacial score (nSPS) is 11.3. The number of ether oxygens (including phenoxy) is 8. The van der Waals surface area contributed by atoms with Gasteiger partial charge in [-0.3, -0.25) is 0 Å². The van der Waals surface area contributed by atoms with Gasteiger partial charge in [0.05, 0.1) is 26.4 Å². The van der Waals surface area contributed by atoms with Gasteiger partial charge in [0.2, 0.25) is 0 Å². The van der Waals surface area contributed by atoms with Crippen LogP contribution in [0.15, 0.2) is 41.5 Å². The number of azide groups is 1. The summed E-state index contributed by atoms with van der Waals surface area (Å²) in [6.07, 6.45) is 0.494. The van der Waals surface area contributed by atoms with E-state index < -0.39 is 46.8 Å². The Labute approximate surface area is 391 Å². The Morgan fingerprint density at radius 1 is 0.500 bits per heavy atom. The third kappa shape index (κ3) is 30.7. The maximum atomic E-state index is 11.7. The van der Waals surface area contributed by atoms with Crippen LogP contribution in [0, 0.1) is 3.57 Å². The highest BCUT2D eigenvalue weighted by Crippen LogP contribution is 2.32. The van der Waals surface area contributed by atoms with Gasteiger partial charge in [0.25, 0.3) is 0 Å². The molecule has 2 aromatic carbocycles. The second kappa shape index (κ2) is 28.5. The van der Waals surface area contributed by atoms with E-state index in [0.717, 1.165) is 3.57 Å². The van der Waals surface area contributed by atoms with Gasteiger partial charge in [0, 0.05) is 40.3 Å². The van der Waals surface area contributed by atoms with Gasteiger partial charge in [-0.15, -0.1) is 0 Å². The molecule has 0 aromatic heterocycles. The van der Waals surface area contributed by atoms with Crippen LogP contribution >= 0.6 is 22.6 Å². The lowest BCUT2D eigenvalue weighted by Gasteiger charge is -2.20. The lowest BCUT2D eigenvalue weighted by molar-refractivity contribution is 0.0513. The predicted octanol–water partition coefficient (Wildman–Crippen LogP) is 10.1. The smallest absolute Gasteiger partial charge is 0.407 e. The molecule has 0 atom stereocenters. The minimum absolute atomic E-state index is 0.298. The molecule has 0 saturated heterocycles. The standard InChI is InChI=1S/C22H35IN2O6.C22H35N5O6/c1-21(2,3)30-19(26)24-11-7-13-28-17-10-9-16(23)15-18(17)29-14-8-12-25-20(27)31-22(4,5)6;1-21(2,3)32-19(28)24-11-7-13-30-17-10-9-16(26-27-23)15-18(17)31-14-8-12-25-20(29)33-22(4,5)6/h9-10,15H,7-8,11-14H2,1-6H3,(H,24,26)(H,25,27);9-10,15H,7-8,11-14H2,1-6H3,(H,24,28)(H,25,29). The zero-order chi connectivity index (χ0) is 48.4. The summed E-state index contributed by atoms with van der Waals surface area (Å²) in [5.74, 6) is 2.17. The first-order chi connectivity index (χ1) is 29.7. The fourth-order valence-corrected chi connectivity index (χ4v) is 5.05. The van der Waals surface area contributed by atoms with Gasteiger partial charge < -0.3 is 59.2 Å². The molecule has 0 bridgehead atoms. The SMILES string of the molecule is CC(C)(C)OC(=O)NCCCOc1ccc(I)cc1OCCCNC(=O)OC(C)(C)C.CC(C)(C)OC(=O)NCCCOc1ccc(N=[N+]=[N-])cc1OCCCNC(=O)OC(C)(C)C. The number of hydrogen-bond donors (Lipinski definition) is 4. The van der Waals surface area contributed by atoms with E-state index in [-0.39, 0.29) is 0 Å². The van der Waals surface area contributed by atoms with E-state index in [1.165, 1.54) is 0 Å². The van der Waals surface area contributed by atoms with Gasteiger partial charge in [0.1, 0.15) is 22.4 Å².